The molecule has 2 N–H and O–H groups in total. The maximum atomic E-state index is 10.5. The van der Waals surface area contributed by atoms with Crippen molar-refractivity contribution in [3.8, 4) is 0 Å². The molecule has 0 aromatic rings. The van der Waals surface area contributed by atoms with Gasteiger partial charge in [0.25, 0.3) is 0 Å². The molecular weight excluding hydrogens is 423 g/mol. The zero-order valence-electron chi connectivity index (χ0n) is 17.7. The topological polar surface area (TPSA) is 86.6 Å². The summed E-state index contributed by atoms with van der Waals surface area (Å²) in [5.41, 5.74) is -2.04. The van der Waals surface area contributed by atoms with E-state index in [2.05, 4.69) is 0 Å². The molecule has 0 heterocycles. The quantitative estimate of drug-likeness (QED) is 0.535. The van der Waals surface area contributed by atoms with Crippen LogP contribution in [-0.4, -0.2) is 38.3 Å². The van der Waals surface area contributed by atoms with Crippen molar-refractivity contribution in [1.29, 1.82) is 0 Å². The zero-order valence-corrected chi connectivity index (χ0v) is 21.2. The van der Waals surface area contributed by atoms with E-state index in [1.165, 1.54) is 0 Å². The van der Waals surface area contributed by atoms with Crippen LogP contribution in [0.2, 0.25) is 0 Å². The second-order valence-electron chi connectivity index (χ2n) is 9.13. The van der Waals surface area contributed by atoms with Gasteiger partial charge < -0.3 is 0 Å². The van der Waals surface area contributed by atoms with Gasteiger partial charge in [-0.15, -0.1) is 0 Å². The van der Waals surface area contributed by atoms with E-state index in [1.807, 2.05) is 69.2 Å². The number of hydrogen-bond donors (Lipinski definition) is 2. The van der Waals surface area contributed by atoms with E-state index in [-0.39, 0.29) is 6.10 Å². The van der Waals surface area contributed by atoms with E-state index in [0.29, 0.717) is 6.42 Å². The first-order valence-corrected chi connectivity index (χ1v) is 14.6. The molecule has 0 radical (unpaired) electrons. The standard InChI is InChI=1S/C12H27O4Si.C4H9O.2H2O.Zr/c1-10(2,3)14-17(13,15-11(4,5)6)16-12(7,8)9;1-3-4(2)5;;;/h1-9H3;4H,3H2,1-2H3;2*1H2;/q2*-1;;;+4/p-2. The molecule has 0 aliphatic carbocycles. The fourth-order valence-corrected chi connectivity index (χ4v) is 10.0. The van der Waals surface area contributed by atoms with E-state index in [4.69, 9.17) is 18.6 Å². The summed E-state index contributed by atoms with van der Waals surface area (Å²) in [6, 6.07) is 0. The molecule has 0 aliphatic heterocycles. The van der Waals surface area contributed by atoms with E-state index >= 15 is 0 Å². The monoisotopic (exact) mass is 460 g/mol. The molecule has 0 spiro atoms. The van der Waals surface area contributed by atoms with Crippen molar-refractivity contribution in [2.75, 3.05) is 0 Å². The summed E-state index contributed by atoms with van der Waals surface area (Å²) >= 11 is -5.37. The molecule has 0 bridgehead atoms. The van der Waals surface area contributed by atoms with Gasteiger partial charge in [0.2, 0.25) is 0 Å². The van der Waals surface area contributed by atoms with Crippen LogP contribution in [0.5, 0.6) is 0 Å². The Morgan fingerprint density at radius 2 is 1.12 bits per heavy atom. The Morgan fingerprint density at radius 3 is 1.36 bits per heavy atom. The van der Waals surface area contributed by atoms with Gasteiger partial charge in [0.15, 0.2) is 0 Å². The SMILES string of the molecule is CCC(C)[O][Zr]([OH])([OH])[O][Si](OC(C)(C)C)(OC(C)(C)C)OC(C)(C)C. The van der Waals surface area contributed by atoms with Gasteiger partial charge in [0, 0.05) is 0 Å². The summed E-state index contributed by atoms with van der Waals surface area (Å²) < 4.78 is 50.2. The summed E-state index contributed by atoms with van der Waals surface area (Å²) in [6.45, 7) is 20.1. The fraction of sp³-hybridized carbons (Fsp3) is 1.00. The molecule has 0 fully saturated rings. The molecule has 0 amide bonds. The predicted molar refractivity (Wildman–Crippen MR) is 94.6 cm³/mol. The van der Waals surface area contributed by atoms with Crippen molar-refractivity contribution in [3.63, 3.8) is 0 Å². The van der Waals surface area contributed by atoms with E-state index in [9.17, 15) is 6.37 Å². The summed E-state index contributed by atoms with van der Waals surface area (Å²) in [4.78, 5) is 0. The maximum absolute atomic E-state index is 10.5. The Bertz CT molecular complexity index is 369. The van der Waals surface area contributed by atoms with Gasteiger partial charge in [0.05, 0.1) is 0 Å². The van der Waals surface area contributed by atoms with Gasteiger partial charge in [0.1, 0.15) is 0 Å². The molecule has 0 aliphatic rings. The van der Waals surface area contributed by atoms with E-state index in [0.717, 1.165) is 0 Å². The van der Waals surface area contributed by atoms with Crippen LogP contribution in [-0.2, 0) is 40.6 Å². The van der Waals surface area contributed by atoms with Gasteiger partial charge in [-0.25, -0.2) is 0 Å². The molecule has 7 nitrogen and oxygen atoms in total. The number of rotatable bonds is 8. The van der Waals surface area contributed by atoms with Crippen molar-refractivity contribution in [2.24, 2.45) is 0 Å². The molecule has 25 heavy (non-hydrogen) atoms. The van der Waals surface area contributed by atoms with Crippen LogP contribution in [0.15, 0.2) is 0 Å². The second-order valence-corrected chi connectivity index (χ2v) is 15.7. The summed E-state index contributed by atoms with van der Waals surface area (Å²) in [5.74, 6) is 0. The Kier molecular flexibility index (Phi) is 9.17. The van der Waals surface area contributed by atoms with Crippen molar-refractivity contribution < 1.29 is 47.0 Å². The second kappa shape index (κ2) is 8.88. The van der Waals surface area contributed by atoms with Gasteiger partial charge in [-0.1, -0.05) is 0 Å². The molecule has 0 rings (SSSR count). The molecule has 0 aromatic heterocycles. The minimum atomic E-state index is -5.37. The summed E-state index contributed by atoms with van der Waals surface area (Å²) in [6.07, 6.45) is 0.273. The molecule has 152 valence electrons. The molecule has 9 heteroatoms. The normalized spacial score (nSPS) is 16.2. The fourth-order valence-electron chi connectivity index (χ4n) is 1.78. The first-order chi connectivity index (χ1) is 10.8. The van der Waals surface area contributed by atoms with Gasteiger partial charge >= 0.3 is 162 Å². The summed E-state index contributed by atoms with van der Waals surface area (Å²) in [7, 11) is -3.95. The van der Waals surface area contributed by atoms with Crippen molar-refractivity contribution in [3.05, 3.63) is 0 Å². The predicted octanol–water partition coefficient (Wildman–Crippen LogP) is 3.50. The Morgan fingerprint density at radius 1 is 0.800 bits per heavy atom. The van der Waals surface area contributed by atoms with Crippen molar-refractivity contribution >= 4 is 9.05 Å². The van der Waals surface area contributed by atoms with Crippen LogP contribution >= 0.6 is 0 Å². The average Bonchev–Trinajstić information content (AvgIpc) is 2.17. The Balaban J connectivity index is 5.87. The van der Waals surface area contributed by atoms with E-state index in [1.54, 1.807) is 6.92 Å². The molecular formula is C16H38O7SiZr. The molecule has 1 atom stereocenters. The van der Waals surface area contributed by atoms with Crippen LogP contribution in [0.25, 0.3) is 0 Å². The van der Waals surface area contributed by atoms with Crippen molar-refractivity contribution in [2.45, 2.75) is 105 Å². The van der Waals surface area contributed by atoms with Crippen LogP contribution in [0.1, 0.15) is 82.6 Å². The van der Waals surface area contributed by atoms with Gasteiger partial charge in [-0.05, 0) is 0 Å². The Hall–Kier alpha value is 0.820. The van der Waals surface area contributed by atoms with Crippen LogP contribution in [0.3, 0.4) is 0 Å². The minimum absolute atomic E-state index is 0.351. The molecule has 0 aromatic carbocycles. The molecule has 0 saturated heterocycles. The van der Waals surface area contributed by atoms with Crippen LogP contribution < -0.4 is 0 Å². The third kappa shape index (κ3) is 12.8. The van der Waals surface area contributed by atoms with E-state index < -0.39 is 47.9 Å². The molecule has 1 unspecified atom stereocenters. The van der Waals surface area contributed by atoms with Gasteiger partial charge in [-0.3, -0.25) is 0 Å². The number of hydrogen-bond acceptors (Lipinski definition) is 7. The summed E-state index contributed by atoms with van der Waals surface area (Å²) in [5, 5.41) is 0. The van der Waals surface area contributed by atoms with Crippen LogP contribution in [0, 0.1) is 0 Å². The third-order valence-electron chi connectivity index (χ3n) is 2.48. The first kappa shape index (κ1) is 25.8. The first-order valence-electron chi connectivity index (χ1n) is 8.71. The Labute approximate surface area is 161 Å². The zero-order chi connectivity index (χ0) is 20.3. The van der Waals surface area contributed by atoms with Gasteiger partial charge in [-0.2, -0.15) is 0 Å². The van der Waals surface area contributed by atoms with Crippen molar-refractivity contribution in [1.82, 2.24) is 0 Å². The average molecular weight is 462 g/mol. The third-order valence-corrected chi connectivity index (χ3v) is 11.1. The van der Waals surface area contributed by atoms with Crippen LogP contribution in [0.4, 0.5) is 0 Å². The molecule has 0 saturated carbocycles.